The molecule has 0 bridgehead atoms. The second-order valence-corrected chi connectivity index (χ2v) is 5.78. The Kier molecular flexibility index (Phi) is 3.39. The van der Waals surface area contributed by atoms with Gasteiger partial charge in [0.2, 0.25) is 0 Å². The zero-order valence-corrected chi connectivity index (χ0v) is 11.2. The molecule has 1 aliphatic carbocycles. The predicted octanol–water partition coefficient (Wildman–Crippen LogP) is 4.13. The van der Waals surface area contributed by atoms with E-state index in [1.165, 1.54) is 24.8 Å². The molecule has 0 aromatic heterocycles. The average Bonchev–Trinajstić information content (AvgIpc) is 2.17. The topological polar surface area (TPSA) is 12.0 Å². The molecule has 82 valence electrons. The highest BCUT2D eigenvalue weighted by atomic mass is 79.9. The number of halogens is 2. The van der Waals surface area contributed by atoms with Crippen LogP contribution in [0.15, 0.2) is 22.7 Å². The minimum atomic E-state index is 0.367. The minimum Gasteiger partial charge on any atom is -0.307 e. The Morgan fingerprint density at radius 1 is 1.47 bits per heavy atom. The molecule has 0 atom stereocenters. The van der Waals surface area contributed by atoms with Crippen molar-refractivity contribution in [1.29, 1.82) is 0 Å². The van der Waals surface area contributed by atoms with E-state index >= 15 is 0 Å². The van der Waals surface area contributed by atoms with Crippen LogP contribution in [0.2, 0.25) is 5.02 Å². The molecule has 1 nitrogen and oxygen atoms in total. The highest BCUT2D eigenvalue weighted by molar-refractivity contribution is 9.10. The number of benzene rings is 1. The zero-order valence-electron chi connectivity index (χ0n) is 8.82. The van der Waals surface area contributed by atoms with Gasteiger partial charge in [-0.3, -0.25) is 0 Å². The van der Waals surface area contributed by atoms with E-state index in [4.69, 9.17) is 11.6 Å². The lowest BCUT2D eigenvalue weighted by molar-refractivity contribution is 0.207. The summed E-state index contributed by atoms with van der Waals surface area (Å²) in [5, 5.41) is 4.37. The Balaban J connectivity index is 1.96. The van der Waals surface area contributed by atoms with Gasteiger partial charge in [0.05, 0.1) is 5.02 Å². The van der Waals surface area contributed by atoms with Gasteiger partial charge >= 0.3 is 0 Å². The zero-order chi connectivity index (χ0) is 10.9. The molecule has 3 heteroatoms. The minimum absolute atomic E-state index is 0.367. The van der Waals surface area contributed by atoms with E-state index in [-0.39, 0.29) is 0 Å². The summed E-state index contributed by atoms with van der Waals surface area (Å²) in [5.41, 5.74) is 1.64. The first kappa shape index (κ1) is 11.4. The summed E-state index contributed by atoms with van der Waals surface area (Å²) >= 11 is 9.38. The molecule has 0 heterocycles. The lowest BCUT2D eigenvalue weighted by Crippen LogP contribution is -2.47. The van der Waals surface area contributed by atoms with Crippen LogP contribution in [0.3, 0.4) is 0 Å². The average molecular weight is 289 g/mol. The Hall–Kier alpha value is -0.0500. The number of rotatable bonds is 3. The van der Waals surface area contributed by atoms with Crippen LogP contribution in [0.25, 0.3) is 0 Å². The van der Waals surface area contributed by atoms with Gasteiger partial charge in [0.15, 0.2) is 0 Å². The number of hydrogen-bond donors (Lipinski definition) is 1. The van der Waals surface area contributed by atoms with Crippen molar-refractivity contribution in [1.82, 2.24) is 5.32 Å². The SMILES string of the molecule is CC1(NCc2ccc(Cl)c(Br)c2)CCC1. The molecule has 2 rings (SSSR count). The summed E-state index contributed by atoms with van der Waals surface area (Å²) in [6, 6.07) is 6.09. The van der Waals surface area contributed by atoms with Crippen molar-refractivity contribution in [3.63, 3.8) is 0 Å². The van der Waals surface area contributed by atoms with Crippen LogP contribution in [0, 0.1) is 0 Å². The van der Waals surface area contributed by atoms with Gasteiger partial charge in [0.1, 0.15) is 0 Å². The van der Waals surface area contributed by atoms with Gasteiger partial charge in [-0.05, 0) is 59.8 Å². The molecule has 1 aromatic carbocycles. The molecule has 1 aliphatic rings. The van der Waals surface area contributed by atoms with E-state index in [1.807, 2.05) is 6.07 Å². The van der Waals surface area contributed by atoms with E-state index in [2.05, 4.69) is 40.3 Å². The van der Waals surface area contributed by atoms with Crippen LogP contribution in [-0.2, 0) is 6.54 Å². The maximum Gasteiger partial charge on any atom is 0.0548 e. The van der Waals surface area contributed by atoms with E-state index in [9.17, 15) is 0 Å². The highest BCUT2D eigenvalue weighted by Crippen LogP contribution is 2.31. The van der Waals surface area contributed by atoms with E-state index in [1.54, 1.807) is 0 Å². The summed E-state index contributed by atoms with van der Waals surface area (Å²) < 4.78 is 0.974. The van der Waals surface area contributed by atoms with Gasteiger partial charge in [-0.2, -0.15) is 0 Å². The standard InChI is InChI=1S/C12H15BrClN/c1-12(5-2-6-12)15-8-9-3-4-11(14)10(13)7-9/h3-4,7,15H,2,5-6,8H2,1H3. The van der Waals surface area contributed by atoms with Crippen molar-refractivity contribution in [2.45, 2.75) is 38.3 Å². The first-order valence-corrected chi connectivity index (χ1v) is 6.45. The Bertz CT molecular complexity index is 361. The summed E-state index contributed by atoms with van der Waals surface area (Å²) in [6.07, 6.45) is 3.94. The summed E-state index contributed by atoms with van der Waals surface area (Å²) in [7, 11) is 0. The molecule has 1 fully saturated rings. The smallest absolute Gasteiger partial charge is 0.0548 e. The molecule has 0 unspecified atom stereocenters. The van der Waals surface area contributed by atoms with Crippen LogP contribution in [-0.4, -0.2) is 5.54 Å². The van der Waals surface area contributed by atoms with Crippen molar-refractivity contribution in [2.24, 2.45) is 0 Å². The first-order valence-electron chi connectivity index (χ1n) is 5.28. The molecule has 15 heavy (non-hydrogen) atoms. The van der Waals surface area contributed by atoms with Gasteiger partial charge in [0, 0.05) is 16.6 Å². The Morgan fingerprint density at radius 2 is 2.20 bits per heavy atom. The fourth-order valence-corrected chi connectivity index (χ4v) is 2.39. The van der Waals surface area contributed by atoms with Crippen molar-refractivity contribution in [3.05, 3.63) is 33.3 Å². The van der Waals surface area contributed by atoms with Gasteiger partial charge in [-0.25, -0.2) is 0 Å². The van der Waals surface area contributed by atoms with Crippen molar-refractivity contribution >= 4 is 27.5 Å². The fraction of sp³-hybridized carbons (Fsp3) is 0.500. The molecule has 0 spiro atoms. The highest BCUT2D eigenvalue weighted by Gasteiger charge is 2.30. The lowest BCUT2D eigenvalue weighted by Gasteiger charge is -2.39. The summed E-state index contributed by atoms with van der Waals surface area (Å²) in [4.78, 5) is 0. The van der Waals surface area contributed by atoms with Crippen molar-refractivity contribution in [2.75, 3.05) is 0 Å². The van der Waals surface area contributed by atoms with Crippen LogP contribution in [0.4, 0.5) is 0 Å². The molecule has 1 saturated carbocycles. The van der Waals surface area contributed by atoms with Crippen LogP contribution in [0.5, 0.6) is 0 Å². The van der Waals surface area contributed by atoms with Crippen LogP contribution < -0.4 is 5.32 Å². The van der Waals surface area contributed by atoms with Crippen molar-refractivity contribution in [3.8, 4) is 0 Å². The van der Waals surface area contributed by atoms with Gasteiger partial charge in [-0.15, -0.1) is 0 Å². The van der Waals surface area contributed by atoms with Gasteiger partial charge < -0.3 is 5.32 Å². The Labute approximate surface area is 104 Å². The second kappa shape index (κ2) is 4.44. The van der Waals surface area contributed by atoms with Crippen LogP contribution >= 0.6 is 27.5 Å². The first-order chi connectivity index (χ1) is 7.09. The van der Waals surface area contributed by atoms with Gasteiger partial charge in [0.25, 0.3) is 0 Å². The third kappa shape index (κ3) is 2.74. The lowest BCUT2D eigenvalue weighted by atomic mass is 9.78. The van der Waals surface area contributed by atoms with E-state index in [0.29, 0.717) is 5.54 Å². The molecular formula is C12H15BrClN. The second-order valence-electron chi connectivity index (χ2n) is 4.52. The van der Waals surface area contributed by atoms with Crippen LogP contribution in [0.1, 0.15) is 31.7 Å². The monoisotopic (exact) mass is 287 g/mol. The molecule has 0 aliphatic heterocycles. The van der Waals surface area contributed by atoms with Gasteiger partial charge in [-0.1, -0.05) is 17.7 Å². The quantitative estimate of drug-likeness (QED) is 0.881. The Morgan fingerprint density at radius 3 is 2.73 bits per heavy atom. The molecule has 1 N–H and O–H groups in total. The van der Waals surface area contributed by atoms with E-state index in [0.717, 1.165) is 16.0 Å². The predicted molar refractivity (Wildman–Crippen MR) is 68.2 cm³/mol. The number of nitrogens with one attached hydrogen (secondary N) is 1. The molecule has 1 aromatic rings. The molecule has 0 saturated heterocycles. The van der Waals surface area contributed by atoms with E-state index < -0.39 is 0 Å². The third-order valence-corrected chi connectivity index (χ3v) is 4.37. The normalized spacial score (nSPS) is 18.6. The largest absolute Gasteiger partial charge is 0.307 e. The number of hydrogen-bond acceptors (Lipinski definition) is 1. The van der Waals surface area contributed by atoms with Crippen molar-refractivity contribution < 1.29 is 0 Å². The molecule has 0 amide bonds. The third-order valence-electron chi connectivity index (χ3n) is 3.16. The fourth-order valence-electron chi connectivity index (χ4n) is 1.85. The molecule has 0 radical (unpaired) electrons. The summed E-state index contributed by atoms with van der Waals surface area (Å²) in [6.45, 7) is 3.22. The maximum absolute atomic E-state index is 5.94. The summed E-state index contributed by atoms with van der Waals surface area (Å²) in [5.74, 6) is 0. The molecular weight excluding hydrogens is 273 g/mol. The maximum atomic E-state index is 5.94.